The summed E-state index contributed by atoms with van der Waals surface area (Å²) in [5.74, 6) is 1.16. The van der Waals surface area contributed by atoms with Crippen molar-refractivity contribution in [2.24, 2.45) is 0 Å². The summed E-state index contributed by atoms with van der Waals surface area (Å²) in [6, 6.07) is 3.94. The van der Waals surface area contributed by atoms with E-state index in [-0.39, 0.29) is 5.69 Å². The second-order valence-corrected chi connectivity index (χ2v) is 4.33. The van der Waals surface area contributed by atoms with E-state index in [1.165, 1.54) is 23.9 Å². The first-order valence-electron chi connectivity index (χ1n) is 4.48. The molecule has 0 saturated heterocycles. The summed E-state index contributed by atoms with van der Waals surface area (Å²) >= 11 is 1.46. The zero-order chi connectivity index (χ0) is 11.5. The maximum atomic E-state index is 12.6. The zero-order valence-electron chi connectivity index (χ0n) is 8.27. The molecule has 1 aromatic rings. The lowest BCUT2D eigenvalue weighted by Crippen LogP contribution is -2.09. The van der Waals surface area contributed by atoms with Crippen LogP contribution in [0.4, 0.5) is 18.9 Å². The summed E-state index contributed by atoms with van der Waals surface area (Å²) in [7, 11) is 0. The summed E-state index contributed by atoms with van der Waals surface area (Å²) in [6.07, 6.45) is -4.32. The van der Waals surface area contributed by atoms with Crippen LogP contribution in [0, 0.1) is 0 Å². The average Bonchev–Trinajstić information content (AvgIpc) is 2.14. The van der Waals surface area contributed by atoms with Gasteiger partial charge >= 0.3 is 6.18 Å². The Morgan fingerprint density at radius 2 is 2.00 bits per heavy atom. The summed E-state index contributed by atoms with van der Waals surface area (Å²) in [6.45, 7) is 1.91. The molecule has 0 aliphatic rings. The largest absolute Gasteiger partial charge is 0.416 e. The Hall–Kier alpha value is -0.840. The summed E-state index contributed by atoms with van der Waals surface area (Å²) in [4.78, 5) is 0. The van der Waals surface area contributed by atoms with Gasteiger partial charge in [-0.1, -0.05) is 13.0 Å². The minimum Gasteiger partial charge on any atom is -0.399 e. The molecular formula is C10H12F3NS. The van der Waals surface area contributed by atoms with Crippen molar-refractivity contribution in [3.63, 3.8) is 0 Å². The molecule has 5 heteroatoms. The van der Waals surface area contributed by atoms with Crippen molar-refractivity contribution in [1.29, 1.82) is 0 Å². The molecule has 0 fully saturated rings. The van der Waals surface area contributed by atoms with E-state index >= 15 is 0 Å². The Morgan fingerprint density at radius 3 is 2.53 bits per heavy atom. The topological polar surface area (TPSA) is 26.0 Å². The van der Waals surface area contributed by atoms with Gasteiger partial charge < -0.3 is 5.73 Å². The van der Waals surface area contributed by atoms with Crippen molar-refractivity contribution in [2.75, 3.05) is 11.5 Å². The fourth-order valence-corrected chi connectivity index (χ4v) is 1.87. The van der Waals surface area contributed by atoms with Crippen LogP contribution in [-0.4, -0.2) is 5.75 Å². The van der Waals surface area contributed by atoms with E-state index in [1.54, 1.807) is 0 Å². The lowest BCUT2D eigenvalue weighted by molar-refractivity contribution is -0.138. The van der Waals surface area contributed by atoms with E-state index < -0.39 is 11.7 Å². The van der Waals surface area contributed by atoms with Crippen molar-refractivity contribution in [1.82, 2.24) is 0 Å². The highest BCUT2D eigenvalue weighted by Gasteiger charge is 2.33. The molecule has 0 unspecified atom stereocenters. The van der Waals surface area contributed by atoms with Crippen LogP contribution in [0.25, 0.3) is 0 Å². The number of nitrogen functional groups attached to an aromatic ring is 1. The molecule has 0 aromatic heterocycles. The van der Waals surface area contributed by atoms with E-state index in [2.05, 4.69) is 0 Å². The molecule has 0 radical (unpaired) electrons. The van der Waals surface area contributed by atoms with Gasteiger partial charge in [0, 0.05) is 11.4 Å². The van der Waals surface area contributed by atoms with Crippen molar-refractivity contribution in [2.45, 2.75) is 18.9 Å². The van der Waals surface area contributed by atoms with Gasteiger partial charge in [0.25, 0.3) is 0 Å². The highest BCUT2D eigenvalue weighted by Crippen LogP contribution is 2.34. The number of rotatable bonds is 3. The number of benzene rings is 1. The molecule has 84 valence electrons. The Labute approximate surface area is 90.9 Å². The summed E-state index contributed by atoms with van der Waals surface area (Å²) in [5.41, 5.74) is 5.17. The van der Waals surface area contributed by atoms with Gasteiger partial charge in [-0.15, -0.1) is 0 Å². The Kier molecular flexibility index (Phi) is 3.90. The third-order valence-electron chi connectivity index (χ3n) is 1.90. The number of thioether (sulfide) groups is 1. The predicted octanol–water partition coefficient (Wildman–Crippen LogP) is 3.54. The summed E-state index contributed by atoms with van der Waals surface area (Å²) < 4.78 is 37.8. The summed E-state index contributed by atoms with van der Waals surface area (Å²) in [5, 5.41) is 0. The third-order valence-corrected chi connectivity index (χ3v) is 2.82. The van der Waals surface area contributed by atoms with Gasteiger partial charge in [-0.25, -0.2) is 0 Å². The van der Waals surface area contributed by atoms with Gasteiger partial charge in [0.2, 0.25) is 0 Å². The van der Waals surface area contributed by atoms with Crippen LogP contribution in [0.5, 0.6) is 0 Å². The molecule has 0 saturated carbocycles. The SMILES string of the molecule is CCSCc1ccc(N)cc1C(F)(F)F. The highest BCUT2D eigenvalue weighted by molar-refractivity contribution is 7.98. The van der Waals surface area contributed by atoms with Crippen molar-refractivity contribution in [3.05, 3.63) is 29.3 Å². The van der Waals surface area contributed by atoms with E-state index in [9.17, 15) is 13.2 Å². The van der Waals surface area contributed by atoms with Gasteiger partial charge in [-0.2, -0.15) is 24.9 Å². The first kappa shape index (κ1) is 12.2. The van der Waals surface area contributed by atoms with E-state index in [1.807, 2.05) is 6.92 Å². The second-order valence-electron chi connectivity index (χ2n) is 3.05. The molecular weight excluding hydrogens is 223 g/mol. The van der Waals surface area contributed by atoms with Crippen molar-refractivity contribution < 1.29 is 13.2 Å². The first-order chi connectivity index (χ1) is 6.95. The maximum Gasteiger partial charge on any atom is 0.416 e. The smallest absolute Gasteiger partial charge is 0.399 e. The average molecular weight is 235 g/mol. The number of hydrogen-bond donors (Lipinski definition) is 1. The number of anilines is 1. The van der Waals surface area contributed by atoms with Gasteiger partial charge in [0.1, 0.15) is 0 Å². The van der Waals surface area contributed by atoms with Crippen molar-refractivity contribution >= 4 is 17.4 Å². The number of nitrogens with two attached hydrogens (primary N) is 1. The van der Waals surface area contributed by atoms with Crippen LogP contribution < -0.4 is 5.73 Å². The second kappa shape index (κ2) is 4.79. The van der Waals surface area contributed by atoms with Crippen LogP contribution in [0.3, 0.4) is 0 Å². The van der Waals surface area contributed by atoms with Crippen LogP contribution in [0.1, 0.15) is 18.1 Å². The third kappa shape index (κ3) is 3.34. The first-order valence-corrected chi connectivity index (χ1v) is 5.64. The molecule has 0 heterocycles. The van der Waals surface area contributed by atoms with Crippen LogP contribution in [-0.2, 0) is 11.9 Å². The molecule has 1 aromatic carbocycles. The molecule has 1 rings (SSSR count). The molecule has 0 bridgehead atoms. The Morgan fingerprint density at radius 1 is 1.33 bits per heavy atom. The quantitative estimate of drug-likeness (QED) is 0.811. The van der Waals surface area contributed by atoms with E-state index in [0.29, 0.717) is 11.3 Å². The highest BCUT2D eigenvalue weighted by atomic mass is 32.2. The lowest BCUT2D eigenvalue weighted by Gasteiger charge is -2.12. The molecule has 0 aliphatic heterocycles. The zero-order valence-corrected chi connectivity index (χ0v) is 9.08. The van der Waals surface area contributed by atoms with Crippen molar-refractivity contribution in [3.8, 4) is 0 Å². The van der Waals surface area contributed by atoms with Gasteiger partial charge in [-0.05, 0) is 23.4 Å². The monoisotopic (exact) mass is 235 g/mol. The molecule has 0 atom stereocenters. The molecule has 0 spiro atoms. The molecule has 0 aliphatic carbocycles. The Bertz CT molecular complexity index is 336. The minimum absolute atomic E-state index is 0.146. The predicted molar refractivity (Wildman–Crippen MR) is 57.7 cm³/mol. The molecule has 2 N–H and O–H groups in total. The van der Waals surface area contributed by atoms with E-state index in [4.69, 9.17) is 5.73 Å². The normalized spacial score (nSPS) is 11.7. The molecule has 0 amide bonds. The van der Waals surface area contributed by atoms with Crippen LogP contribution in [0.15, 0.2) is 18.2 Å². The molecule has 15 heavy (non-hydrogen) atoms. The van der Waals surface area contributed by atoms with Gasteiger partial charge in [-0.3, -0.25) is 0 Å². The van der Waals surface area contributed by atoms with Gasteiger partial charge in [0.15, 0.2) is 0 Å². The number of halogens is 3. The minimum atomic E-state index is -4.32. The standard InChI is InChI=1S/C10H12F3NS/c1-2-15-6-7-3-4-8(14)5-9(7)10(11,12)13/h3-5H,2,6,14H2,1H3. The van der Waals surface area contributed by atoms with Gasteiger partial charge in [0.05, 0.1) is 5.56 Å². The number of alkyl halides is 3. The van der Waals surface area contributed by atoms with E-state index in [0.717, 1.165) is 11.8 Å². The van der Waals surface area contributed by atoms with Crippen LogP contribution in [0.2, 0.25) is 0 Å². The number of hydrogen-bond acceptors (Lipinski definition) is 2. The fraction of sp³-hybridized carbons (Fsp3) is 0.400. The lowest BCUT2D eigenvalue weighted by atomic mass is 10.1. The van der Waals surface area contributed by atoms with Crippen LogP contribution >= 0.6 is 11.8 Å². The fourth-order valence-electron chi connectivity index (χ4n) is 1.20. The maximum absolute atomic E-state index is 12.6. The Balaban J connectivity index is 3.04. The molecule has 1 nitrogen and oxygen atoms in total.